The van der Waals surface area contributed by atoms with Gasteiger partial charge in [0.25, 0.3) is 11.5 Å². The van der Waals surface area contributed by atoms with Crippen LogP contribution in [0.1, 0.15) is 10.4 Å². The second-order valence-electron chi connectivity index (χ2n) is 6.13. The zero-order chi connectivity index (χ0) is 19.3. The molecule has 2 aromatic heterocycles. The Kier molecular flexibility index (Phi) is 4.88. The smallest absolute Gasteiger partial charge is 0.266 e. The number of fused-ring (bicyclic) bond motifs is 1. The van der Waals surface area contributed by atoms with E-state index in [-0.39, 0.29) is 24.6 Å². The van der Waals surface area contributed by atoms with Gasteiger partial charge in [0.15, 0.2) is 0 Å². The molecule has 2 aromatic carbocycles. The summed E-state index contributed by atoms with van der Waals surface area (Å²) in [6.07, 6.45) is 3.14. The summed E-state index contributed by atoms with van der Waals surface area (Å²) >= 11 is 0. The van der Waals surface area contributed by atoms with Gasteiger partial charge in [0.1, 0.15) is 5.52 Å². The van der Waals surface area contributed by atoms with Gasteiger partial charge >= 0.3 is 0 Å². The lowest BCUT2D eigenvalue weighted by atomic mass is 10.1. The molecule has 0 saturated carbocycles. The average Bonchev–Trinajstić information content (AvgIpc) is 2.75. The largest absolute Gasteiger partial charge is 0.350 e. The third-order valence-electron chi connectivity index (χ3n) is 4.29. The molecule has 0 spiro atoms. The van der Waals surface area contributed by atoms with Crippen molar-refractivity contribution in [2.75, 3.05) is 6.54 Å². The van der Waals surface area contributed by atoms with Gasteiger partial charge in [0.2, 0.25) is 0 Å². The van der Waals surface area contributed by atoms with E-state index in [4.69, 9.17) is 0 Å². The van der Waals surface area contributed by atoms with Crippen LogP contribution in [0.4, 0.5) is 0 Å². The first kappa shape index (κ1) is 17.5. The maximum atomic E-state index is 12.5. The summed E-state index contributed by atoms with van der Waals surface area (Å²) in [5.74, 6) is -0.265. The average molecular weight is 371 g/mol. The van der Waals surface area contributed by atoms with Crippen LogP contribution < -0.4 is 10.9 Å². The Balaban J connectivity index is 1.48. The van der Waals surface area contributed by atoms with Crippen LogP contribution in [0.25, 0.3) is 22.3 Å². The molecule has 4 rings (SSSR count). The van der Waals surface area contributed by atoms with Crippen molar-refractivity contribution in [3.05, 3.63) is 89.0 Å². The third kappa shape index (κ3) is 3.64. The molecule has 7 nitrogen and oxygen atoms in total. The predicted octanol–water partition coefficient (Wildman–Crippen LogP) is 2.28. The minimum Gasteiger partial charge on any atom is -0.350 e. The van der Waals surface area contributed by atoms with Crippen LogP contribution >= 0.6 is 0 Å². The molecule has 0 radical (unpaired) electrons. The monoisotopic (exact) mass is 371 g/mol. The second kappa shape index (κ2) is 7.79. The van der Waals surface area contributed by atoms with Gasteiger partial charge in [-0.05, 0) is 18.2 Å². The third-order valence-corrected chi connectivity index (χ3v) is 4.29. The zero-order valence-corrected chi connectivity index (χ0v) is 14.9. The molecular weight excluding hydrogens is 354 g/mol. The number of nitrogens with zero attached hydrogens (tertiary/aromatic N) is 4. The standard InChI is InChI=1S/C21H17N5O2/c27-19-10-9-17(15-5-2-1-3-6-15)25-26(19)14-13-24-21(28)16-7-4-8-18-20(16)23-12-11-22-18/h1-12H,13-14H2,(H,24,28). The number of nitrogens with one attached hydrogen (secondary N) is 1. The number of aromatic nitrogens is 4. The number of carbonyl (C=O) groups is 1. The quantitative estimate of drug-likeness (QED) is 0.581. The summed E-state index contributed by atoms with van der Waals surface area (Å²) in [6.45, 7) is 0.530. The van der Waals surface area contributed by atoms with Crippen LogP contribution in [-0.4, -0.2) is 32.2 Å². The molecule has 2 heterocycles. The van der Waals surface area contributed by atoms with Gasteiger partial charge in [0, 0.05) is 30.6 Å². The Morgan fingerprint density at radius 3 is 2.61 bits per heavy atom. The van der Waals surface area contributed by atoms with Crippen LogP contribution in [-0.2, 0) is 6.54 Å². The Labute approximate surface area is 160 Å². The Morgan fingerprint density at radius 1 is 0.929 bits per heavy atom. The first-order valence-corrected chi connectivity index (χ1v) is 8.84. The number of hydrogen-bond donors (Lipinski definition) is 1. The molecule has 0 aliphatic rings. The van der Waals surface area contributed by atoms with Gasteiger partial charge in [-0.3, -0.25) is 19.6 Å². The normalized spacial score (nSPS) is 10.7. The highest BCUT2D eigenvalue weighted by atomic mass is 16.2. The van der Waals surface area contributed by atoms with E-state index in [2.05, 4.69) is 20.4 Å². The highest BCUT2D eigenvalue weighted by molar-refractivity contribution is 6.04. The van der Waals surface area contributed by atoms with E-state index in [0.717, 1.165) is 5.56 Å². The SMILES string of the molecule is O=C(NCCn1nc(-c2ccccc2)ccc1=O)c1cccc2nccnc12. The molecule has 0 aliphatic heterocycles. The minimum absolute atomic E-state index is 0.218. The topological polar surface area (TPSA) is 89.8 Å². The van der Waals surface area contributed by atoms with Crippen molar-refractivity contribution in [1.82, 2.24) is 25.1 Å². The summed E-state index contributed by atoms with van der Waals surface area (Å²) in [6, 6.07) is 18.1. The van der Waals surface area contributed by atoms with E-state index in [9.17, 15) is 9.59 Å². The van der Waals surface area contributed by atoms with Crippen LogP contribution in [0.3, 0.4) is 0 Å². The second-order valence-corrected chi connectivity index (χ2v) is 6.13. The van der Waals surface area contributed by atoms with Crippen molar-refractivity contribution in [2.45, 2.75) is 6.54 Å². The number of benzene rings is 2. The van der Waals surface area contributed by atoms with Gasteiger partial charge in [-0.25, -0.2) is 4.68 Å². The lowest BCUT2D eigenvalue weighted by Gasteiger charge is -2.09. The van der Waals surface area contributed by atoms with E-state index < -0.39 is 0 Å². The van der Waals surface area contributed by atoms with Crippen LogP contribution in [0.15, 0.2) is 77.9 Å². The van der Waals surface area contributed by atoms with E-state index in [1.165, 1.54) is 10.7 Å². The van der Waals surface area contributed by atoms with E-state index in [1.807, 2.05) is 30.3 Å². The lowest BCUT2D eigenvalue weighted by Crippen LogP contribution is -2.32. The molecule has 28 heavy (non-hydrogen) atoms. The molecule has 0 unspecified atom stereocenters. The fraction of sp³-hybridized carbons (Fsp3) is 0.0952. The minimum atomic E-state index is -0.265. The van der Waals surface area contributed by atoms with Crippen molar-refractivity contribution in [2.24, 2.45) is 0 Å². The first-order chi connectivity index (χ1) is 13.7. The van der Waals surface area contributed by atoms with Crippen molar-refractivity contribution in [3.8, 4) is 11.3 Å². The molecule has 1 N–H and O–H groups in total. The Morgan fingerprint density at radius 2 is 1.75 bits per heavy atom. The summed E-state index contributed by atoms with van der Waals surface area (Å²) in [5, 5.41) is 7.21. The summed E-state index contributed by atoms with van der Waals surface area (Å²) in [7, 11) is 0. The highest BCUT2D eigenvalue weighted by Crippen LogP contribution is 2.14. The Hall–Kier alpha value is -3.87. The summed E-state index contributed by atoms with van der Waals surface area (Å²) < 4.78 is 1.35. The number of para-hydroxylation sites is 1. The van der Waals surface area contributed by atoms with Crippen molar-refractivity contribution >= 4 is 16.9 Å². The number of carbonyl (C=O) groups excluding carboxylic acids is 1. The van der Waals surface area contributed by atoms with Gasteiger partial charge in [-0.2, -0.15) is 5.10 Å². The van der Waals surface area contributed by atoms with Gasteiger partial charge in [-0.1, -0.05) is 36.4 Å². The van der Waals surface area contributed by atoms with E-state index in [1.54, 1.807) is 36.7 Å². The fourth-order valence-electron chi connectivity index (χ4n) is 2.92. The van der Waals surface area contributed by atoms with Crippen LogP contribution in [0.5, 0.6) is 0 Å². The molecule has 4 aromatic rings. The number of rotatable bonds is 5. The molecule has 0 fully saturated rings. The maximum absolute atomic E-state index is 12.5. The van der Waals surface area contributed by atoms with Crippen LogP contribution in [0.2, 0.25) is 0 Å². The molecule has 0 aliphatic carbocycles. The molecule has 1 amide bonds. The van der Waals surface area contributed by atoms with E-state index in [0.29, 0.717) is 22.3 Å². The van der Waals surface area contributed by atoms with E-state index >= 15 is 0 Å². The van der Waals surface area contributed by atoms with Gasteiger partial charge in [0.05, 0.1) is 23.3 Å². The highest BCUT2D eigenvalue weighted by Gasteiger charge is 2.11. The number of hydrogen-bond acceptors (Lipinski definition) is 5. The Bertz CT molecular complexity index is 1180. The zero-order valence-electron chi connectivity index (χ0n) is 14.9. The summed E-state index contributed by atoms with van der Waals surface area (Å²) in [4.78, 5) is 33.1. The maximum Gasteiger partial charge on any atom is 0.266 e. The molecular formula is C21H17N5O2. The fourth-order valence-corrected chi connectivity index (χ4v) is 2.92. The van der Waals surface area contributed by atoms with Crippen molar-refractivity contribution in [1.29, 1.82) is 0 Å². The van der Waals surface area contributed by atoms with Crippen LogP contribution in [0, 0.1) is 0 Å². The molecule has 0 saturated heterocycles. The van der Waals surface area contributed by atoms with Gasteiger partial charge < -0.3 is 5.32 Å². The molecule has 138 valence electrons. The van der Waals surface area contributed by atoms with Crippen molar-refractivity contribution in [3.63, 3.8) is 0 Å². The molecule has 0 bridgehead atoms. The molecule has 7 heteroatoms. The number of amides is 1. The summed E-state index contributed by atoms with van der Waals surface area (Å²) in [5.41, 5.74) is 3.06. The van der Waals surface area contributed by atoms with Crippen molar-refractivity contribution < 1.29 is 4.79 Å². The molecule has 0 atom stereocenters. The first-order valence-electron chi connectivity index (χ1n) is 8.84. The lowest BCUT2D eigenvalue weighted by molar-refractivity contribution is 0.0953. The van der Waals surface area contributed by atoms with Gasteiger partial charge in [-0.15, -0.1) is 0 Å². The predicted molar refractivity (Wildman–Crippen MR) is 106 cm³/mol.